The number of nitrogens with two attached hydrogens (primary N) is 1. The van der Waals surface area contributed by atoms with Crippen molar-refractivity contribution in [1.82, 2.24) is 34.6 Å². The van der Waals surface area contributed by atoms with Gasteiger partial charge in [0.15, 0.2) is 0 Å². The zero-order valence-electron chi connectivity index (χ0n) is 32.9. The Morgan fingerprint density at radius 2 is 1.03 bits per heavy atom. The fraction of sp³-hybridized carbons (Fsp3) is 0.298. The van der Waals surface area contributed by atoms with Crippen molar-refractivity contribution in [2.24, 2.45) is 5.73 Å². The topological polar surface area (TPSA) is 154 Å². The van der Waals surface area contributed by atoms with Crippen LogP contribution in [0.1, 0.15) is 85.5 Å². The smallest absolute Gasteiger partial charge is 0.405 e. The number of hydrogen-bond acceptors (Lipinski definition) is 7. The van der Waals surface area contributed by atoms with Crippen LogP contribution in [0.3, 0.4) is 0 Å². The van der Waals surface area contributed by atoms with Gasteiger partial charge in [-0.2, -0.15) is 0 Å². The number of benzene rings is 4. The quantitative estimate of drug-likeness (QED) is 0.120. The minimum absolute atomic E-state index is 0.0803. The van der Waals surface area contributed by atoms with Crippen LogP contribution in [0.25, 0.3) is 33.6 Å². The summed E-state index contributed by atoms with van der Waals surface area (Å²) in [7, 11) is 0. The lowest BCUT2D eigenvalue weighted by atomic mass is 10.0. The molecule has 2 aromatic heterocycles. The van der Waals surface area contributed by atoms with Gasteiger partial charge >= 0.3 is 6.09 Å². The molecule has 0 unspecified atom stereocenters. The summed E-state index contributed by atoms with van der Waals surface area (Å²) in [6.45, 7) is 3.14. The van der Waals surface area contributed by atoms with Crippen molar-refractivity contribution in [2.45, 2.75) is 62.8 Å². The minimum Gasteiger partial charge on any atom is -0.431 e. The molecule has 5 heterocycles. The molecule has 300 valence electrons. The third-order valence-corrected chi connectivity index (χ3v) is 12.0. The van der Waals surface area contributed by atoms with Gasteiger partial charge in [-0.05, 0) is 79.4 Å². The first-order valence-electron chi connectivity index (χ1n) is 20.6. The van der Waals surface area contributed by atoms with E-state index in [0.717, 1.165) is 103 Å². The molecule has 4 N–H and O–H groups in total. The number of aromatic nitrogens is 4. The number of carbonyl (C=O) groups excluding carboxylic acids is 3. The summed E-state index contributed by atoms with van der Waals surface area (Å²) in [5.41, 5.74) is 12.9. The molecule has 0 aliphatic carbocycles. The molecule has 3 aliphatic rings. The standard InChI is InChI=1S/C47H48N8O4/c48-47(58)59-42(36-13-5-2-6-14-36)46(57)55-28-10-16-40(55)44-50-30-38(52-44)34-23-19-32(20-24-34)31-17-21-33(22-18-31)37-29-49-43(51-37)39-15-9-27-54(39)45(56)41(53-25-7-8-26-53)35-11-3-1-4-12-35/h1-6,11-14,17-24,29-30,39-42H,7-10,15-16,25-28H2,(H2,48,58)(H,49,51)(H,50,52)/t39-,40-,41+,42+/m0/s1. The predicted octanol–water partition coefficient (Wildman–Crippen LogP) is 8.13. The van der Waals surface area contributed by atoms with Crippen molar-refractivity contribution in [2.75, 3.05) is 26.2 Å². The third kappa shape index (κ3) is 7.88. The Hall–Kier alpha value is -6.53. The van der Waals surface area contributed by atoms with E-state index >= 15 is 0 Å². The highest BCUT2D eigenvalue weighted by Crippen LogP contribution is 2.38. The monoisotopic (exact) mass is 788 g/mol. The molecule has 0 spiro atoms. The Bertz CT molecular complexity index is 2390. The van der Waals surface area contributed by atoms with Crippen molar-refractivity contribution in [1.29, 1.82) is 0 Å². The van der Waals surface area contributed by atoms with E-state index in [1.165, 1.54) is 0 Å². The Morgan fingerprint density at radius 3 is 1.53 bits per heavy atom. The van der Waals surface area contributed by atoms with Crippen LogP contribution in [0.4, 0.5) is 4.79 Å². The predicted molar refractivity (Wildman–Crippen MR) is 224 cm³/mol. The molecule has 0 radical (unpaired) electrons. The first-order valence-corrected chi connectivity index (χ1v) is 20.6. The normalized spacial score (nSPS) is 19.2. The summed E-state index contributed by atoms with van der Waals surface area (Å²) in [6, 6.07) is 35.2. The molecule has 4 aromatic carbocycles. The van der Waals surface area contributed by atoms with Crippen molar-refractivity contribution < 1.29 is 19.1 Å². The Balaban J connectivity index is 0.861. The first-order chi connectivity index (χ1) is 28.9. The number of primary amides is 1. The number of ether oxygens (including phenoxy) is 1. The maximum absolute atomic E-state index is 14.3. The number of imidazole rings is 2. The van der Waals surface area contributed by atoms with E-state index in [1.54, 1.807) is 35.4 Å². The lowest BCUT2D eigenvalue weighted by Crippen LogP contribution is -2.42. The van der Waals surface area contributed by atoms with Gasteiger partial charge in [0, 0.05) is 18.7 Å². The number of rotatable bonds is 11. The van der Waals surface area contributed by atoms with Gasteiger partial charge in [0.2, 0.25) is 12.0 Å². The second-order valence-electron chi connectivity index (χ2n) is 15.7. The van der Waals surface area contributed by atoms with Crippen LogP contribution in [0.5, 0.6) is 0 Å². The highest BCUT2D eigenvalue weighted by atomic mass is 16.6. The molecule has 6 aromatic rings. The van der Waals surface area contributed by atoms with Crippen LogP contribution in [0, 0.1) is 0 Å². The number of nitrogens with zero attached hydrogens (tertiary/aromatic N) is 5. The zero-order valence-corrected chi connectivity index (χ0v) is 32.9. The van der Waals surface area contributed by atoms with E-state index < -0.39 is 12.2 Å². The van der Waals surface area contributed by atoms with Gasteiger partial charge < -0.3 is 30.2 Å². The van der Waals surface area contributed by atoms with Gasteiger partial charge in [0.1, 0.15) is 17.7 Å². The summed E-state index contributed by atoms with van der Waals surface area (Å²) >= 11 is 0. The van der Waals surface area contributed by atoms with Gasteiger partial charge in [0.25, 0.3) is 5.91 Å². The molecule has 59 heavy (non-hydrogen) atoms. The number of amides is 3. The van der Waals surface area contributed by atoms with Gasteiger partial charge in [0.05, 0.1) is 35.9 Å². The SMILES string of the molecule is NC(=O)O[C@@H](C(=O)N1CCC[C@H]1c1ncc(-c2ccc(-c3ccc(-c4cnc([C@@H]5CCCN5C(=O)[C@@H](c5ccccc5)N5CCCC5)[nH]4)cc3)cc2)[nH]1)c1ccccc1. The molecule has 3 fully saturated rings. The molecule has 12 heteroatoms. The highest BCUT2D eigenvalue weighted by Gasteiger charge is 2.40. The average Bonchev–Trinajstić information content (AvgIpc) is 4.13. The molecule has 9 rings (SSSR count). The van der Waals surface area contributed by atoms with Crippen LogP contribution in [-0.4, -0.2) is 78.7 Å². The average molecular weight is 789 g/mol. The fourth-order valence-electron chi connectivity index (χ4n) is 9.08. The number of carbonyl (C=O) groups is 3. The van der Waals surface area contributed by atoms with E-state index in [4.69, 9.17) is 15.5 Å². The van der Waals surface area contributed by atoms with E-state index in [-0.39, 0.29) is 29.9 Å². The lowest BCUT2D eigenvalue weighted by molar-refractivity contribution is -0.141. The van der Waals surface area contributed by atoms with E-state index in [1.807, 2.05) is 35.4 Å². The highest BCUT2D eigenvalue weighted by molar-refractivity contribution is 5.85. The zero-order chi connectivity index (χ0) is 40.3. The van der Waals surface area contributed by atoms with Crippen LogP contribution >= 0.6 is 0 Å². The first kappa shape index (κ1) is 38.0. The van der Waals surface area contributed by atoms with Gasteiger partial charge in [-0.3, -0.25) is 14.5 Å². The Labute approximate surface area is 343 Å². The Morgan fingerprint density at radius 1 is 0.576 bits per heavy atom. The largest absolute Gasteiger partial charge is 0.431 e. The molecule has 3 amide bonds. The number of nitrogens with one attached hydrogen (secondary N) is 2. The maximum Gasteiger partial charge on any atom is 0.405 e. The van der Waals surface area contributed by atoms with Crippen molar-refractivity contribution in [3.8, 4) is 33.6 Å². The summed E-state index contributed by atoms with van der Waals surface area (Å²) < 4.78 is 5.31. The fourth-order valence-corrected chi connectivity index (χ4v) is 9.08. The number of likely N-dealkylation sites (tertiary alicyclic amines) is 3. The maximum atomic E-state index is 14.3. The second kappa shape index (κ2) is 16.8. The van der Waals surface area contributed by atoms with Gasteiger partial charge in [-0.1, -0.05) is 109 Å². The number of H-pyrrole nitrogens is 2. The van der Waals surface area contributed by atoms with Crippen LogP contribution in [0.2, 0.25) is 0 Å². The van der Waals surface area contributed by atoms with Crippen molar-refractivity contribution >= 4 is 17.9 Å². The summed E-state index contributed by atoms with van der Waals surface area (Å²) in [4.78, 5) is 62.4. The van der Waals surface area contributed by atoms with E-state index in [9.17, 15) is 14.4 Å². The Kier molecular flexibility index (Phi) is 10.8. The molecule has 3 aliphatic heterocycles. The molecule has 0 saturated carbocycles. The van der Waals surface area contributed by atoms with E-state index in [2.05, 4.69) is 80.5 Å². The van der Waals surface area contributed by atoms with E-state index in [0.29, 0.717) is 17.9 Å². The molecular formula is C47H48N8O4. The molecule has 12 nitrogen and oxygen atoms in total. The summed E-state index contributed by atoms with van der Waals surface area (Å²) in [5.74, 6) is 1.36. The van der Waals surface area contributed by atoms with Gasteiger partial charge in [-0.15, -0.1) is 0 Å². The molecule has 0 bridgehead atoms. The number of aromatic amines is 2. The minimum atomic E-state index is -1.12. The summed E-state index contributed by atoms with van der Waals surface area (Å²) in [6.07, 6.45) is 7.17. The van der Waals surface area contributed by atoms with Crippen LogP contribution in [-0.2, 0) is 14.3 Å². The van der Waals surface area contributed by atoms with Crippen molar-refractivity contribution in [3.63, 3.8) is 0 Å². The molecule has 4 atom stereocenters. The molecule has 3 saturated heterocycles. The van der Waals surface area contributed by atoms with Crippen LogP contribution < -0.4 is 5.73 Å². The second-order valence-corrected chi connectivity index (χ2v) is 15.7. The number of hydrogen-bond donors (Lipinski definition) is 3. The lowest BCUT2D eigenvalue weighted by Gasteiger charge is -2.33. The summed E-state index contributed by atoms with van der Waals surface area (Å²) in [5, 5.41) is 0. The van der Waals surface area contributed by atoms with Crippen LogP contribution in [0.15, 0.2) is 122 Å². The van der Waals surface area contributed by atoms with Crippen molar-refractivity contribution in [3.05, 3.63) is 144 Å². The van der Waals surface area contributed by atoms with Gasteiger partial charge in [-0.25, -0.2) is 14.8 Å². The molecular weight excluding hydrogens is 741 g/mol. The third-order valence-electron chi connectivity index (χ3n) is 12.0.